The highest BCUT2D eigenvalue weighted by atomic mass is 15.3. The van der Waals surface area contributed by atoms with Gasteiger partial charge in [0.2, 0.25) is 0 Å². The molecule has 3 unspecified atom stereocenters. The summed E-state index contributed by atoms with van der Waals surface area (Å²) in [4.78, 5) is 5.62. The summed E-state index contributed by atoms with van der Waals surface area (Å²) in [7, 11) is 0. The van der Waals surface area contributed by atoms with Crippen molar-refractivity contribution in [1.82, 2.24) is 9.80 Å². The van der Waals surface area contributed by atoms with Gasteiger partial charge in [-0.3, -0.25) is 9.80 Å². The summed E-state index contributed by atoms with van der Waals surface area (Å²) in [6.45, 7) is 6.33. The topological polar surface area (TPSA) is 6.48 Å². The van der Waals surface area contributed by atoms with E-state index in [1.807, 2.05) is 0 Å². The van der Waals surface area contributed by atoms with E-state index in [1.54, 1.807) is 0 Å². The van der Waals surface area contributed by atoms with Gasteiger partial charge in [0.05, 0.1) is 0 Å². The van der Waals surface area contributed by atoms with E-state index in [2.05, 4.69) is 47.1 Å². The molecule has 114 valence electrons. The van der Waals surface area contributed by atoms with Crippen LogP contribution in [0.2, 0.25) is 0 Å². The molecule has 1 aromatic carbocycles. The average molecular weight is 284 g/mol. The SMILES string of the molecule is CC(C1CC1)N1CC2CCCCN2CC1c1ccccc1. The zero-order valence-corrected chi connectivity index (χ0v) is 13.2. The predicted molar refractivity (Wildman–Crippen MR) is 87.3 cm³/mol. The first-order valence-electron chi connectivity index (χ1n) is 8.87. The Morgan fingerprint density at radius 1 is 1.00 bits per heavy atom. The van der Waals surface area contributed by atoms with Gasteiger partial charge in [0.15, 0.2) is 0 Å². The van der Waals surface area contributed by atoms with Crippen molar-refractivity contribution >= 4 is 0 Å². The van der Waals surface area contributed by atoms with Crippen molar-refractivity contribution < 1.29 is 0 Å². The number of fused-ring (bicyclic) bond motifs is 1. The molecule has 2 saturated heterocycles. The van der Waals surface area contributed by atoms with Gasteiger partial charge in [-0.1, -0.05) is 36.8 Å². The van der Waals surface area contributed by atoms with Crippen LogP contribution in [0.15, 0.2) is 30.3 Å². The maximum Gasteiger partial charge on any atom is 0.0478 e. The smallest absolute Gasteiger partial charge is 0.0478 e. The summed E-state index contributed by atoms with van der Waals surface area (Å²) in [6, 6.07) is 13.4. The van der Waals surface area contributed by atoms with E-state index in [0.29, 0.717) is 6.04 Å². The summed E-state index contributed by atoms with van der Waals surface area (Å²) < 4.78 is 0. The van der Waals surface area contributed by atoms with Gasteiger partial charge < -0.3 is 0 Å². The first-order valence-corrected chi connectivity index (χ1v) is 8.87. The van der Waals surface area contributed by atoms with E-state index in [0.717, 1.165) is 18.0 Å². The lowest BCUT2D eigenvalue weighted by Gasteiger charge is -2.50. The fourth-order valence-electron chi connectivity index (χ4n) is 4.48. The largest absolute Gasteiger partial charge is 0.297 e. The molecule has 0 spiro atoms. The van der Waals surface area contributed by atoms with Crippen molar-refractivity contribution in [1.29, 1.82) is 0 Å². The van der Waals surface area contributed by atoms with E-state index < -0.39 is 0 Å². The highest BCUT2D eigenvalue weighted by molar-refractivity contribution is 5.21. The zero-order chi connectivity index (χ0) is 14.2. The highest BCUT2D eigenvalue weighted by Crippen LogP contribution is 2.41. The number of piperidine rings is 1. The maximum atomic E-state index is 2.85. The van der Waals surface area contributed by atoms with E-state index in [1.165, 1.54) is 57.3 Å². The van der Waals surface area contributed by atoms with Gasteiger partial charge in [-0.05, 0) is 50.6 Å². The molecule has 2 nitrogen and oxygen atoms in total. The normalized spacial score (nSPS) is 32.6. The minimum absolute atomic E-state index is 0.608. The molecule has 3 fully saturated rings. The zero-order valence-electron chi connectivity index (χ0n) is 13.2. The molecule has 1 aliphatic carbocycles. The van der Waals surface area contributed by atoms with E-state index in [9.17, 15) is 0 Å². The Morgan fingerprint density at radius 3 is 2.57 bits per heavy atom. The number of nitrogens with zero attached hydrogens (tertiary/aromatic N) is 2. The number of benzene rings is 1. The monoisotopic (exact) mass is 284 g/mol. The van der Waals surface area contributed by atoms with Crippen LogP contribution in [0.4, 0.5) is 0 Å². The Kier molecular flexibility index (Phi) is 3.76. The molecule has 2 heteroatoms. The standard InChI is InChI=1S/C19H28N2/c1-15(16-10-11-16)21-13-18-9-5-6-12-20(18)14-19(21)17-7-3-2-4-8-17/h2-4,7-8,15-16,18-19H,5-6,9-14H2,1H3. The van der Waals surface area contributed by atoms with Crippen LogP contribution in [-0.4, -0.2) is 41.5 Å². The number of hydrogen-bond acceptors (Lipinski definition) is 2. The highest BCUT2D eigenvalue weighted by Gasteiger charge is 2.41. The molecule has 0 aromatic heterocycles. The van der Waals surface area contributed by atoms with Crippen LogP contribution in [0.25, 0.3) is 0 Å². The summed E-state index contributed by atoms with van der Waals surface area (Å²) >= 11 is 0. The second-order valence-electron chi connectivity index (χ2n) is 7.35. The second-order valence-corrected chi connectivity index (χ2v) is 7.35. The number of rotatable bonds is 3. The second kappa shape index (κ2) is 5.73. The minimum atomic E-state index is 0.608. The molecule has 3 atom stereocenters. The number of hydrogen-bond donors (Lipinski definition) is 0. The van der Waals surface area contributed by atoms with Crippen molar-refractivity contribution in [2.24, 2.45) is 5.92 Å². The molecule has 3 aliphatic rings. The van der Waals surface area contributed by atoms with E-state index in [4.69, 9.17) is 0 Å². The lowest BCUT2D eigenvalue weighted by Crippen LogP contribution is -2.58. The molecule has 0 bridgehead atoms. The Hall–Kier alpha value is -0.860. The molecular formula is C19H28N2. The molecule has 1 aromatic rings. The molecule has 21 heavy (non-hydrogen) atoms. The third-order valence-electron chi connectivity index (χ3n) is 5.99. The Balaban J connectivity index is 1.60. The minimum Gasteiger partial charge on any atom is -0.297 e. The van der Waals surface area contributed by atoms with Crippen molar-refractivity contribution in [3.63, 3.8) is 0 Å². The third-order valence-corrected chi connectivity index (χ3v) is 5.99. The molecule has 2 aliphatic heterocycles. The van der Waals surface area contributed by atoms with Crippen molar-refractivity contribution in [3.8, 4) is 0 Å². The molecular weight excluding hydrogens is 256 g/mol. The predicted octanol–water partition coefficient (Wildman–Crippen LogP) is 3.70. The van der Waals surface area contributed by atoms with Crippen LogP contribution in [0, 0.1) is 5.92 Å². The molecule has 0 N–H and O–H groups in total. The summed E-state index contributed by atoms with van der Waals surface area (Å²) in [5, 5.41) is 0. The lowest BCUT2D eigenvalue weighted by atomic mass is 9.92. The first-order chi connectivity index (χ1) is 10.3. The van der Waals surface area contributed by atoms with Crippen molar-refractivity contribution in [2.45, 2.75) is 57.2 Å². The van der Waals surface area contributed by atoms with Crippen LogP contribution in [0.3, 0.4) is 0 Å². The van der Waals surface area contributed by atoms with Crippen molar-refractivity contribution in [2.75, 3.05) is 19.6 Å². The van der Waals surface area contributed by atoms with E-state index in [-0.39, 0.29) is 0 Å². The Morgan fingerprint density at radius 2 is 1.81 bits per heavy atom. The summed E-state index contributed by atoms with van der Waals surface area (Å²) in [5.74, 6) is 0.964. The molecule has 0 radical (unpaired) electrons. The fourth-order valence-corrected chi connectivity index (χ4v) is 4.48. The van der Waals surface area contributed by atoms with Crippen LogP contribution in [0.1, 0.15) is 50.6 Å². The van der Waals surface area contributed by atoms with Gasteiger partial charge in [0.1, 0.15) is 0 Å². The molecule has 1 saturated carbocycles. The van der Waals surface area contributed by atoms with Crippen molar-refractivity contribution in [3.05, 3.63) is 35.9 Å². The lowest BCUT2D eigenvalue weighted by molar-refractivity contribution is -0.0162. The van der Waals surface area contributed by atoms with Gasteiger partial charge in [0.25, 0.3) is 0 Å². The van der Waals surface area contributed by atoms with Crippen LogP contribution >= 0.6 is 0 Å². The van der Waals surface area contributed by atoms with E-state index >= 15 is 0 Å². The molecule has 2 heterocycles. The van der Waals surface area contributed by atoms with Gasteiger partial charge in [-0.2, -0.15) is 0 Å². The molecule has 4 rings (SSSR count). The van der Waals surface area contributed by atoms with Crippen LogP contribution < -0.4 is 0 Å². The van der Waals surface area contributed by atoms with Gasteiger partial charge >= 0.3 is 0 Å². The van der Waals surface area contributed by atoms with Gasteiger partial charge in [-0.15, -0.1) is 0 Å². The maximum absolute atomic E-state index is 2.85. The summed E-state index contributed by atoms with van der Waals surface area (Å²) in [5.41, 5.74) is 1.52. The van der Waals surface area contributed by atoms with Gasteiger partial charge in [0, 0.05) is 31.2 Å². The fraction of sp³-hybridized carbons (Fsp3) is 0.684. The van der Waals surface area contributed by atoms with Gasteiger partial charge in [-0.25, -0.2) is 0 Å². The Labute approximate surface area is 129 Å². The number of piperazine rings is 1. The van der Waals surface area contributed by atoms with Crippen LogP contribution in [0.5, 0.6) is 0 Å². The van der Waals surface area contributed by atoms with Crippen LogP contribution in [-0.2, 0) is 0 Å². The quantitative estimate of drug-likeness (QED) is 0.835. The third kappa shape index (κ3) is 2.76. The average Bonchev–Trinajstić information content (AvgIpc) is 3.39. The molecule has 0 amide bonds. The first kappa shape index (κ1) is 13.8. The summed E-state index contributed by atoms with van der Waals surface area (Å²) in [6.07, 6.45) is 7.15. The Bertz CT molecular complexity index is 468.